The molecule has 0 bridgehead atoms. The van der Waals surface area contributed by atoms with E-state index in [1.54, 1.807) is 4.90 Å². The Labute approximate surface area is 141 Å². The van der Waals surface area contributed by atoms with E-state index in [9.17, 15) is 18.4 Å². The third-order valence-electron chi connectivity index (χ3n) is 4.01. The summed E-state index contributed by atoms with van der Waals surface area (Å²) in [6.45, 7) is 4.45. The largest absolute Gasteiger partial charge is 0.339 e. The number of aromatic nitrogens is 1. The summed E-state index contributed by atoms with van der Waals surface area (Å²) in [6, 6.07) is 2.08. The zero-order valence-corrected chi connectivity index (χ0v) is 13.5. The van der Waals surface area contributed by atoms with Gasteiger partial charge in [-0.05, 0) is 25.0 Å². The van der Waals surface area contributed by atoms with Crippen molar-refractivity contribution < 1.29 is 18.4 Å². The predicted octanol–water partition coefficient (Wildman–Crippen LogP) is 2.94. The molecule has 1 aromatic heterocycles. The van der Waals surface area contributed by atoms with Gasteiger partial charge in [-0.15, -0.1) is 0 Å². The Hall–Kier alpha value is -2.35. The highest BCUT2D eigenvalue weighted by atomic mass is 32.1. The maximum atomic E-state index is 13.2. The summed E-state index contributed by atoms with van der Waals surface area (Å²) in [5, 5.41) is 3.01. The molecule has 8 heteroatoms. The Kier molecular flexibility index (Phi) is 4.57. The molecule has 1 aromatic carbocycles. The summed E-state index contributed by atoms with van der Waals surface area (Å²) in [4.78, 5) is 29.6. The van der Waals surface area contributed by atoms with Crippen molar-refractivity contribution in [2.24, 2.45) is 5.92 Å². The summed E-state index contributed by atoms with van der Waals surface area (Å²) in [5.41, 5.74) is 0.306. The van der Waals surface area contributed by atoms with Crippen molar-refractivity contribution in [1.29, 1.82) is 0 Å². The Morgan fingerprint density at radius 3 is 2.62 bits per heavy atom. The second-order valence-corrected chi connectivity index (χ2v) is 6.58. The Balaban J connectivity index is 1.65. The van der Waals surface area contributed by atoms with Crippen LogP contribution in [-0.4, -0.2) is 34.8 Å². The first kappa shape index (κ1) is 16.5. The molecule has 1 fully saturated rings. The molecule has 1 N–H and O–H groups in total. The normalized spacial score (nSPS) is 15.5. The first-order chi connectivity index (χ1) is 11.5. The number of nitrogens with zero attached hydrogens (tertiary/aromatic N) is 2. The Morgan fingerprint density at radius 1 is 1.29 bits per heavy atom. The minimum absolute atomic E-state index is 0.135. The molecule has 3 rings (SSSR count). The highest BCUT2D eigenvalue weighted by Gasteiger charge is 2.27. The Morgan fingerprint density at radius 2 is 1.96 bits per heavy atom. The number of nitrogens with one attached hydrogen (secondary N) is 1. The predicted molar refractivity (Wildman–Crippen MR) is 87.7 cm³/mol. The topological polar surface area (TPSA) is 62.3 Å². The first-order valence-corrected chi connectivity index (χ1v) is 8.27. The van der Waals surface area contributed by atoms with Gasteiger partial charge in [0.15, 0.2) is 16.8 Å². The molecular weight excluding hydrogens is 336 g/mol. The lowest BCUT2D eigenvalue weighted by Gasteiger charge is -2.30. The third-order valence-corrected chi connectivity index (χ3v) is 4.95. The van der Waals surface area contributed by atoms with Crippen molar-refractivity contribution in [3.63, 3.8) is 0 Å². The molecule has 1 saturated heterocycles. The lowest BCUT2D eigenvalue weighted by Crippen LogP contribution is -2.40. The van der Waals surface area contributed by atoms with Crippen LogP contribution in [0.1, 0.15) is 12.8 Å². The molecule has 1 aliphatic rings. The molecule has 0 saturated carbocycles. The van der Waals surface area contributed by atoms with E-state index < -0.39 is 11.6 Å². The van der Waals surface area contributed by atoms with Gasteiger partial charge in [0.2, 0.25) is 11.8 Å². The molecule has 126 valence electrons. The second-order valence-electron chi connectivity index (χ2n) is 5.55. The number of hydrogen-bond acceptors (Lipinski definition) is 4. The van der Waals surface area contributed by atoms with E-state index in [2.05, 4.69) is 16.9 Å². The number of piperidine rings is 1. The van der Waals surface area contributed by atoms with E-state index in [-0.39, 0.29) is 17.7 Å². The van der Waals surface area contributed by atoms with Gasteiger partial charge in [-0.3, -0.25) is 9.59 Å². The van der Waals surface area contributed by atoms with Crippen molar-refractivity contribution in [2.75, 3.05) is 18.4 Å². The Bertz CT molecular complexity index is 774. The molecule has 0 radical (unpaired) electrons. The van der Waals surface area contributed by atoms with E-state index in [0.29, 0.717) is 41.3 Å². The summed E-state index contributed by atoms with van der Waals surface area (Å²) in [7, 11) is 0. The van der Waals surface area contributed by atoms with Crippen LogP contribution in [0.25, 0.3) is 10.2 Å². The number of carbonyl (C=O) groups is 2. The van der Waals surface area contributed by atoms with Crippen LogP contribution >= 0.6 is 11.3 Å². The maximum Gasteiger partial charge on any atom is 0.245 e. The number of anilines is 1. The number of amides is 2. The lowest BCUT2D eigenvalue weighted by molar-refractivity contribution is -0.130. The minimum Gasteiger partial charge on any atom is -0.339 e. The maximum absolute atomic E-state index is 13.2. The second kappa shape index (κ2) is 6.64. The van der Waals surface area contributed by atoms with Gasteiger partial charge in [0.1, 0.15) is 0 Å². The van der Waals surface area contributed by atoms with Crippen LogP contribution in [0.2, 0.25) is 0 Å². The van der Waals surface area contributed by atoms with Crippen molar-refractivity contribution >= 4 is 38.5 Å². The van der Waals surface area contributed by atoms with E-state index in [0.717, 1.165) is 23.5 Å². The van der Waals surface area contributed by atoms with Gasteiger partial charge in [0.25, 0.3) is 0 Å². The molecule has 0 aliphatic carbocycles. The molecule has 2 heterocycles. The number of thiazole rings is 1. The van der Waals surface area contributed by atoms with E-state index in [1.165, 1.54) is 6.08 Å². The van der Waals surface area contributed by atoms with E-state index in [4.69, 9.17) is 0 Å². The van der Waals surface area contributed by atoms with Crippen LogP contribution in [0.5, 0.6) is 0 Å². The zero-order valence-electron chi connectivity index (χ0n) is 12.7. The lowest BCUT2D eigenvalue weighted by atomic mass is 9.96. The number of hydrogen-bond donors (Lipinski definition) is 1. The van der Waals surface area contributed by atoms with Crippen LogP contribution in [0, 0.1) is 17.6 Å². The number of likely N-dealkylation sites (tertiary alicyclic amines) is 1. The molecule has 0 atom stereocenters. The van der Waals surface area contributed by atoms with Gasteiger partial charge in [0, 0.05) is 25.1 Å². The van der Waals surface area contributed by atoms with Crippen LogP contribution in [-0.2, 0) is 9.59 Å². The molecule has 5 nitrogen and oxygen atoms in total. The standard InChI is InChI=1S/C16H15F2N3O2S/c1-2-14(22)21-5-3-9(4-6-21)15(23)20-16-19-12-7-10(17)11(18)8-13(12)24-16/h2,7-9H,1,3-6H2,(H,19,20,23). The van der Waals surface area contributed by atoms with Crippen molar-refractivity contribution in [3.05, 3.63) is 36.4 Å². The van der Waals surface area contributed by atoms with Gasteiger partial charge in [0.05, 0.1) is 10.2 Å². The van der Waals surface area contributed by atoms with Gasteiger partial charge >= 0.3 is 0 Å². The molecule has 0 spiro atoms. The highest BCUT2D eigenvalue weighted by Crippen LogP contribution is 2.29. The summed E-state index contributed by atoms with van der Waals surface area (Å²) >= 11 is 1.09. The average molecular weight is 351 g/mol. The van der Waals surface area contributed by atoms with Gasteiger partial charge in [-0.25, -0.2) is 13.8 Å². The number of carbonyl (C=O) groups excluding carboxylic acids is 2. The minimum atomic E-state index is -0.968. The fourth-order valence-corrected chi connectivity index (χ4v) is 3.55. The van der Waals surface area contributed by atoms with Crippen molar-refractivity contribution in [3.8, 4) is 0 Å². The van der Waals surface area contributed by atoms with Crippen LogP contribution in [0.15, 0.2) is 24.8 Å². The molecule has 1 aliphatic heterocycles. The fourth-order valence-electron chi connectivity index (χ4n) is 2.68. The molecular formula is C16H15F2N3O2S. The summed E-state index contributed by atoms with van der Waals surface area (Å²) in [6.07, 6.45) is 2.37. The monoisotopic (exact) mass is 351 g/mol. The first-order valence-electron chi connectivity index (χ1n) is 7.45. The van der Waals surface area contributed by atoms with E-state index in [1.807, 2.05) is 0 Å². The fraction of sp³-hybridized carbons (Fsp3) is 0.312. The van der Waals surface area contributed by atoms with Gasteiger partial charge < -0.3 is 10.2 Å². The number of rotatable bonds is 3. The third kappa shape index (κ3) is 3.28. The van der Waals surface area contributed by atoms with Crippen LogP contribution < -0.4 is 5.32 Å². The molecule has 0 unspecified atom stereocenters. The summed E-state index contributed by atoms with van der Waals surface area (Å²) < 4.78 is 26.9. The smallest absolute Gasteiger partial charge is 0.245 e. The number of halogens is 2. The van der Waals surface area contributed by atoms with Crippen molar-refractivity contribution in [2.45, 2.75) is 12.8 Å². The van der Waals surface area contributed by atoms with Crippen molar-refractivity contribution in [1.82, 2.24) is 9.88 Å². The summed E-state index contributed by atoms with van der Waals surface area (Å²) in [5.74, 6) is -2.46. The van der Waals surface area contributed by atoms with Gasteiger partial charge in [-0.1, -0.05) is 17.9 Å². The molecule has 2 aromatic rings. The SMILES string of the molecule is C=CC(=O)N1CCC(C(=O)Nc2nc3cc(F)c(F)cc3s2)CC1. The number of benzene rings is 1. The average Bonchev–Trinajstić information content (AvgIpc) is 2.95. The number of fused-ring (bicyclic) bond motifs is 1. The molecule has 24 heavy (non-hydrogen) atoms. The van der Waals surface area contributed by atoms with Crippen LogP contribution in [0.4, 0.5) is 13.9 Å². The quantitative estimate of drug-likeness (QED) is 0.865. The molecule has 2 amide bonds. The van der Waals surface area contributed by atoms with Crippen LogP contribution in [0.3, 0.4) is 0 Å². The highest BCUT2D eigenvalue weighted by molar-refractivity contribution is 7.22. The van der Waals surface area contributed by atoms with Gasteiger partial charge in [-0.2, -0.15) is 0 Å². The van der Waals surface area contributed by atoms with E-state index >= 15 is 0 Å². The zero-order chi connectivity index (χ0) is 17.3.